The topological polar surface area (TPSA) is 35.2 Å². The van der Waals surface area contributed by atoms with E-state index in [0.29, 0.717) is 10.6 Å². The van der Waals surface area contributed by atoms with Gasteiger partial charge in [0.05, 0.1) is 13.2 Å². The van der Waals surface area contributed by atoms with Crippen molar-refractivity contribution in [3.05, 3.63) is 62.8 Å². The van der Waals surface area contributed by atoms with E-state index in [1.54, 1.807) is 30.3 Å². The number of methoxy groups -OCH3 is 1. The van der Waals surface area contributed by atoms with E-state index in [-0.39, 0.29) is 5.75 Å². The summed E-state index contributed by atoms with van der Waals surface area (Å²) in [5.74, 6) is -0.275. The average molecular weight is 345 g/mol. The van der Waals surface area contributed by atoms with Gasteiger partial charge in [-0.1, -0.05) is 39.7 Å². The van der Waals surface area contributed by atoms with E-state index >= 15 is 0 Å². The van der Waals surface area contributed by atoms with E-state index in [1.807, 2.05) is 6.07 Å². The molecule has 0 saturated carbocycles. The van der Waals surface area contributed by atoms with Crippen LogP contribution in [-0.2, 0) is 0 Å². The molecule has 0 aliphatic rings. The molecule has 2 nitrogen and oxygen atoms in total. The normalized spacial score (nSPS) is 12.3. The summed E-state index contributed by atoms with van der Waals surface area (Å²) in [6.07, 6.45) is 0. The Balaban J connectivity index is 2.46. The summed E-state index contributed by atoms with van der Waals surface area (Å²) < 4.78 is 19.9. The number of ether oxygens (including phenoxy) is 1. The molecule has 0 heterocycles. The van der Waals surface area contributed by atoms with Crippen LogP contribution in [0.15, 0.2) is 40.9 Å². The van der Waals surface area contributed by atoms with Crippen LogP contribution in [0.3, 0.4) is 0 Å². The number of nitrogens with two attached hydrogens (primary N) is 1. The van der Waals surface area contributed by atoms with E-state index in [9.17, 15) is 4.39 Å². The smallest absolute Gasteiger partial charge is 0.170 e. The summed E-state index contributed by atoms with van der Waals surface area (Å²) in [6.45, 7) is 0. The van der Waals surface area contributed by atoms with Crippen LogP contribution in [0.2, 0.25) is 5.02 Å². The molecule has 0 aliphatic heterocycles. The molecule has 1 unspecified atom stereocenters. The fraction of sp³-hybridized carbons (Fsp3) is 0.143. The predicted molar refractivity (Wildman–Crippen MR) is 78.1 cm³/mol. The average Bonchev–Trinajstić information content (AvgIpc) is 2.37. The number of rotatable bonds is 3. The van der Waals surface area contributed by atoms with Crippen LogP contribution >= 0.6 is 27.5 Å². The quantitative estimate of drug-likeness (QED) is 0.901. The third-order valence-corrected chi connectivity index (χ3v) is 3.47. The third-order valence-electron chi connectivity index (χ3n) is 2.79. The van der Waals surface area contributed by atoms with Crippen LogP contribution in [0, 0.1) is 5.82 Å². The largest absolute Gasteiger partial charge is 0.494 e. The second kappa shape index (κ2) is 5.90. The Morgan fingerprint density at radius 1 is 1.32 bits per heavy atom. The molecule has 0 amide bonds. The van der Waals surface area contributed by atoms with Gasteiger partial charge in [-0.05, 0) is 29.8 Å². The maximum absolute atomic E-state index is 14.2. The minimum Gasteiger partial charge on any atom is -0.494 e. The van der Waals surface area contributed by atoms with Crippen LogP contribution in [0.1, 0.15) is 17.2 Å². The lowest BCUT2D eigenvalue weighted by Crippen LogP contribution is -2.14. The van der Waals surface area contributed by atoms with Gasteiger partial charge in [0.1, 0.15) is 0 Å². The maximum atomic E-state index is 14.2. The zero-order valence-corrected chi connectivity index (χ0v) is 12.5. The summed E-state index contributed by atoms with van der Waals surface area (Å²) in [6, 6.07) is 9.57. The van der Waals surface area contributed by atoms with Crippen molar-refractivity contribution in [3.63, 3.8) is 0 Å². The van der Waals surface area contributed by atoms with Gasteiger partial charge in [-0.15, -0.1) is 0 Å². The molecule has 2 aromatic carbocycles. The highest BCUT2D eigenvalue weighted by molar-refractivity contribution is 9.10. The highest BCUT2D eigenvalue weighted by Gasteiger charge is 2.17. The highest BCUT2D eigenvalue weighted by Crippen LogP contribution is 2.30. The van der Waals surface area contributed by atoms with E-state index in [2.05, 4.69) is 15.9 Å². The lowest BCUT2D eigenvalue weighted by atomic mass is 9.99. The van der Waals surface area contributed by atoms with Crippen LogP contribution in [0.25, 0.3) is 0 Å². The highest BCUT2D eigenvalue weighted by atomic mass is 79.9. The Morgan fingerprint density at radius 2 is 2.05 bits per heavy atom. The zero-order valence-electron chi connectivity index (χ0n) is 10.2. The van der Waals surface area contributed by atoms with E-state index in [4.69, 9.17) is 22.1 Å². The van der Waals surface area contributed by atoms with Crippen molar-refractivity contribution in [2.75, 3.05) is 7.11 Å². The fourth-order valence-corrected chi connectivity index (χ4v) is 2.75. The molecule has 0 aromatic heterocycles. The summed E-state index contributed by atoms with van der Waals surface area (Å²) >= 11 is 9.32. The molecule has 100 valence electrons. The van der Waals surface area contributed by atoms with E-state index in [0.717, 1.165) is 10.0 Å². The first-order valence-corrected chi connectivity index (χ1v) is 6.74. The van der Waals surface area contributed by atoms with Gasteiger partial charge in [-0.2, -0.15) is 0 Å². The molecule has 5 heteroatoms. The minimum atomic E-state index is -0.606. The lowest BCUT2D eigenvalue weighted by Gasteiger charge is -2.15. The van der Waals surface area contributed by atoms with Crippen molar-refractivity contribution < 1.29 is 9.13 Å². The van der Waals surface area contributed by atoms with Crippen LogP contribution in [-0.4, -0.2) is 7.11 Å². The molecular formula is C14H12BrClFNO. The van der Waals surface area contributed by atoms with Gasteiger partial charge in [-0.3, -0.25) is 0 Å². The molecule has 2 N–H and O–H groups in total. The van der Waals surface area contributed by atoms with Crippen molar-refractivity contribution >= 4 is 27.5 Å². The zero-order chi connectivity index (χ0) is 14.0. The van der Waals surface area contributed by atoms with E-state index in [1.165, 1.54) is 7.11 Å². The van der Waals surface area contributed by atoms with Gasteiger partial charge in [-0.25, -0.2) is 4.39 Å². The Morgan fingerprint density at radius 3 is 2.68 bits per heavy atom. The van der Waals surface area contributed by atoms with Crippen molar-refractivity contribution in [3.8, 4) is 5.75 Å². The first kappa shape index (κ1) is 14.3. The monoisotopic (exact) mass is 343 g/mol. The van der Waals surface area contributed by atoms with Gasteiger partial charge in [0, 0.05) is 15.1 Å². The van der Waals surface area contributed by atoms with Gasteiger partial charge >= 0.3 is 0 Å². The fourth-order valence-electron chi connectivity index (χ4n) is 1.86. The summed E-state index contributed by atoms with van der Waals surface area (Å²) in [5.41, 5.74) is 7.20. The molecule has 1 atom stereocenters. The number of halogens is 3. The standard InChI is InChI=1S/C14H12BrClFNO/c1-19-12-4-2-3-11(13(12)17)14(18)8-5-9(15)7-10(16)6-8/h2-7,14H,18H2,1H3. The van der Waals surface area contributed by atoms with Gasteiger partial charge in [0.15, 0.2) is 11.6 Å². The molecule has 19 heavy (non-hydrogen) atoms. The Hall–Kier alpha value is -1.10. The maximum Gasteiger partial charge on any atom is 0.170 e. The summed E-state index contributed by atoms with van der Waals surface area (Å²) in [7, 11) is 1.42. The van der Waals surface area contributed by atoms with Crippen molar-refractivity contribution in [1.29, 1.82) is 0 Å². The molecule has 2 rings (SSSR count). The van der Waals surface area contributed by atoms with Crippen LogP contribution in [0.5, 0.6) is 5.75 Å². The predicted octanol–water partition coefficient (Wildman–Crippen LogP) is 4.30. The molecule has 0 saturated heterocycles. The Labute approximate surface area is 124 Å². The summed E-state index contributed by atoms with van der Waals surface area (Å²) in [4.78, 5) is 0. The first-order valence-electron chi connectivity index (χ1n) is 5.57. The minimum absolute atomic E-state index is 0.175. The number of hydrogen-bond acceptors (Lipinski definition) is 2. The van der Waals surface area contributed by atoms with Crippen molar-refractivity contribution in [1.82, 2.24) is 0 Å². The van der Waals surface area contributed by atoms with Gasteiger partial charge in [0.25, 0.3) is 0 Å². The number of benzene rings is 2. The molecular weight excluding hydrogens is 333 g/mol. The summed E-state index contributed by atoms with van der Waals surface area (Å²) in [5, 5.41) is 0.545. The molecule has 2 aromatic rings. The Kier molecular flexibility index (Phi) is 4.45. The SMILES string of the molecule is COc1cccc(C(N)c2cc(Cl)cc(Br)c2)c1F. The van der Waals surface area contributed by atoms with E-state index < -0.39 is 11.9 Å². The molecule has 0 radical (unpaired) electrons. The van der Waals surface area contributed by atoms with Gasteiger partial charge in [0.2, 0.25) is 0 Å². The van der Waals surface area contributed by atoms with Crippen LogP contribution in [0.4, 0.5) is 4.39 Å². The molecule has 0 aliphatic carbocycles. The second-order valence-corrected chi connectivity index (χ2v) is 5.40. The molecule has 0 fully saturated rings. The van der Waals surface area contributed by atoms with Gasteiger partial charge < -0.3 is 10.5 Å². The molecule has 0 spiro atoms. The molecule has 0 bridgehead atoms. The second-order valence-electron chi connectivity index (χ2n) is 4.04. The number of hydrogen-bond donors (Lipinski definition) is 1. The van der Waals surface area contributed by atoms with Crippen molar-refractivity contribution in [2.24, 2.45) is 5.73 Å². The van der Waals surface area contributed by atoms with Crippen molar-refractivity contribution in [2.45, 2.75) is 6.04 Å². The Bertz CT molecular complexity index is 586. The first-order chi connectivity index (χ1) is 9.02. The van der Waals surface area contributed by atoms with Crippen LogP contribution < -0.4 is 10.5 Å². The third kappa shape index (κ3) is 3.08. The lowest BCUT2D eigenvalue weighted by molar-refractivity contribution is 0.383.